The molecule has 0 radical (unpaired) electrons. The number of pyridine rings is 1. The molecule has 1 amide bonds. The van der Waals surface area contributed by atoms with Gasteiger partial charge in [0.2, 0.25) is 0 Å². The summed E-state index contributed by atoms with van der Waals surface area (Å²) in [4.78, 5) is 22.0. The summed E-state index contributed by atoms with van der Waals surface area (Å²) in [5.74, 6) is 0.127. The fourth-order valence-corrected chi connectivity index (χ4v) is 3.96. The van der Waals surface area contributed by atoms with E-state index in [2.05, 4.69) is 26.6 Å². The first-order chi connectivity index (χ1) is 14.3. The summed E-state index contributed by atoms with van der Waals surface area (Å²) in [5.41, 5.74) is 3.00. The Labute approximate surface area is 171 Å². The Morgan fingerprint density at radius 2 is 1.83 bits per heavy atom. The minimum Gasteiger partial charge on any atom is -0.383 e. The lowest BCUT2D eigenvalue weighted by molar-refractivity contribution is 0.0640. The first-order valence-corrected chi connectivity index (χ1v) is 10.2. The molecule has 152 valence electrons. The molecular formula is C23H28N4O2. The normalized spacial score (nSPS) is 15.1. The van der Waals surface area contributed by atoms with Gasteiger partial charge in [-0.25, -0.2) is 0 Å². The zero-order chi connectivity index (χ0) is 20.1. The Kier molecular flexibility index (Phi) is 6.22. The van der Waals surface area contributed by atoms with Crippen molar-refractivity contribution in [2.75, 3.05) is 46.4 Å². The van der Waals surface area contributed by atoms with Gasteiger partial charge < -0.3 is 14.2 Å². The number of hydrogen-bond acceptors (Lipinski definition) is 4. The number of para-hydroxylation sites is 1. The molecule has 1 aliphatic heterocycles. The van der Waals surface area contributed by atoms with Crippen molar-refractivity contribution in [1.82, 2.24) is 19.4 Å². The molecule has 3 heterocycles. The first kappa shape index (κ1) is 19.6. The Balaban J connectivity index is 1.39. The second kappa shape index (κ2) is 9.20. The number of fused-ring (bicyclic) bond motifs is 1. The fraction of sp³-hybridized carbons (Fsp3) is 0.391. The number of carbonyl (C=O) groups excluding carboxylic acids is 1. The monoisotopic (exact) mass is 392 g/mol. The highest BCUT2D eigenvalue weighted by atomic mass is 16.5. The maximum Gasteiger partial charge on any atom is 0.256 e. The van der Waals surface area contributed by atoms with Crippen molar-refractivity contribution >= 4 is 16.8 Å². The number of aromatic nitrogens is 2. The van der Waals surface area contributed by atoms with Crippen LogP contribution in [0.4, 0.5) is 0 Å². The molecular weight excluding hydrogens is 364 g/mol. The Morgan fingerprint density at radius 1 is 1.03 bits per heavy atom. The maximum absolute atomic E-state index is 13.2. The molecule has 0 spiro atoms. The summed E-state index contributed by atoms with van der Waals surface area (Å²) in [7, 11) is 1.70. The molecule has 1 fully saturated rings. The summed E-state index contributed by atoms with van der Waals surface area (Å²) in [6.45, 7) is 5.68. The molecule has 1 aromatic carbocycles. The van der Waals surface area contributed by atoms with Crippen molar-refractivity contribution < 1.29 is 9.53 Å². The van der Waals surface area contributed by atoms with Crippen molar-refractivity contribution in [1.29, 1.82) is 0 Å². The van der Waals surface area contributed by atoms with Crippen LogP contribution in [0.2, 0.25) is 0 Å². The van der Waals surface area contributed by atoms with Gasteiger partial charge in [-0.05, 0) is 18.2 Å². The third-order valence-corrected chi connectivity index (χ3v) is 5.63. The van der Waals surface area contributed by atoms with Gasteiger partial charge in [-0.15, -0.1) is 0 Å². The Hall–Kier alpha value is -2.70. The van der Waals surface area contributed by atoms with E-state index in [1.54, 1.807) is 7.11 Å². The number of piperazine rings is 1. The van der Waals surface area contributed by atoms with Crippen molar-refractivity contribution in [3.63, 3.8) is 0 Å². The largest absolute Gasteiger partial charge is 0.383 e. The highest BCUT2D eigenvalue weighted by Gasteiger charge is 2.24. The topological polar surface area (TPSA) is 50.6 Å². The number of hydrogen-bond donors (Lipinski definition) is 0. The van der Waals surface area contributed by atoms with Gasteiger partial charge >= 0.3 is 0 Å². The van der Waals surface area contributed by atoms with E-state index < -0.39 is 0 Å². The summed E-state index contributed by atoms with van der Waals surface area (Å²) in [6.07, 6.45) is 4.77. The third-order valence-electron chi connectivity index (χ3n) is 5.63. The van der Waals surface area contributed by atoms with Crippen LogP contribution >= 0.6 is 0 Å². The average molecular weight is 393 g/mol. The first-order valence-electron chi connectivity index (χ1n) is 10.2. The van der Waals surface area contributed by atoms with Crippen molar-refractivity contribution in [3.8, 4) is 0 Å². The summed E-state index contributed by atoms with van der Waals surface area (Å²) in [6, 6.07) is 14.2. The van der Waals surface area contributed by atoms with Crippen LogP contribution in [0.25, 0.3) is 10.9 Å². The highest BCUT2D eigenvalue weighted by molar-refractivity contribution is 6.07. The lowest BCUT2D eigenvalue weighted by Gasteiger charge is -2.34. The minimum atomic E-state index is 0.127. The zero-order valence-electron chi connectivity index (χ0n) is 17.0. The minimum absolute atomic E-state index is 0.127. The number of ether oxygens (including phenoxy) is 1. The molecule has 29 heavy (non-hydrogen) atoms. The number of nitrogens with zero attached hydrogens (tertiary/aromatic N) is 4. The highest BCUT2D eigenvalue weighted by Crippen LogP contribution is 2.23. The van der Waals surface area contributed by atoms with E-state index in [0.717, 1.165) is 67.8 Å². The molecule has 0 bridgehead atoms. The van der Waals surface area contributed by atoms with Gasteiger partial charge in [0.15, 0.2) is 0 Å². The van der Waals surface area contributed by atoms with Crippen LogP contribution in [0, 0.1) is 0 Å². The van der Waals surface area contributed by atoms with Crippen molar-refractivity contribution in [2.24, 2.45) is 0 Å². The predicted molar refractivity (Wildman–Crippen MR) is 114 cm³/mol. The van der Waals surface area contributed by atoms with Gasteiger partial charge in [0.05, 0.1) is 12.2 Å². The number of benzene rings is 1. The van der Waals surface area contributed by atoms with Crippen LogP contribution in [0.1, 0.15) is 16.1 Å². The van der Waals surface area contributed by atoms with Crippen molar-refractivity contribution in [3.05, 3.63) is 66.1 Å². The molecule has 0 saturated carbocycles. The van der Waals surface area contributed by atoms with Crippen LogP contribution in [-0.4, -0.2) is 71.7 Å². The predicted octanol–water partition coefficient (Wildman–Crippen LogP) is 2.68. The molecule has 6 heteroatoms. The molecule has 0 atom stereocenters. The van der Waals surface area contributed by atoms with Crippen LogP contribution in [-0.2, 0) is 17.7 Å². The van der Waals surface area contributed by atoms with E-state index in [-0.39, 0.29) is 5.91 Å². The van der Waals surface area contributed by atoms with Gasteiger partial charge in [0, 0.05) is 81.8 Å². The van der Waals surface area contributed by atoms with E-state index in [0.29, 0.717) is 6.61 Å². The number of rotatable bonds is 7. The smallest absolute Gasteiger partial charge is 0.256 e. The van der Waals surface area contributed by atoms with E-state index >= 15 is 0 Å². The molecule has 2 aromatic heterocycles. The SMILES string of the molecule is COCCn1cc(C(=O)N2CCN(CCc3ccccn3)CC2)c2ccccc21. The molecule has 0 unspecified atom stereocenters. The summed E-state index contributed by atoms with van der Waals surface area (Å²) in [5, 5.41) is 1.02. The molecule has 1 saturated heterocycles. The second-order valence-electron chi connectivity index (χ2n) is 7.45. The summed E-state index contributed by atoms with van der Waals surface area (Å²) < 4.78 is 7.34. The molecule has 0 N–H and O–H groups in total. The molecule has 1 aliphatic rings. The lowest BCUT2D eigenvalue weighted by atomic mass is 10.1. The van der Waals surface area contributed by atoms with Crippen LogP contribution < -0.4 is 0 Å². The zero-order valence-corrected chi connectivity index (χ0v) is 17.0. The Morgan fingerprint density at radius 3 is 2.59 bits per heavy atom. The quantitative estimate of drug-likeness (QED) is 0.620. The van der Waals surface area contributed by atoms with Gasteiger partial charge in [-0.3, -0.25) is 14.7 Å². The third kappa shape index (κ3) is 4.49. The van der Waals surface area contributed by atoms with E-state index in [1.807, 2.05) is 47.6 Å². The molecule has 6 nitrogen and oxygen atoms in total. The molecule has 4 rings (SSSR count). The van der Waals surface area contributed by atoms with Crippen LogP contribution in [0.15, 0.2) is 54.9 Å². The van der Waals surface area contributed by atoms with Crippen LogP contribution in [0.5, 0.6) is 0 Å². The van der Waals surface area contributed by atoms with Gasteiger partial charge in [0.25, 0.3) is 5.91 Å². The number of carbonyl (C=O) groups is 1. The molecule has 0 aliphatic carbocycles. The second-order valence-corrected chi connectivity index (χ2v) is 7.45. The van der Waals surface area contributed by atoms with Crippen molar-refractivity contribution in [2.45, 2.75) is 13.0 Å². The van der Waals surface area contributed by atoms with Gasteiger partial charge in [0.1, 0.15) is 0 Å². The fourth-order valence-electron chi connectivity index (χ4n) is 3.96. The number of methoxy groups -OCH3 is 1. The average Bonchev–Trinajstić information content (AvgIpc) is 3.15. The van der Waals surface area contributed by atoms with Gasteiger partial charge in [-0.1, -0.05) is 24.3 Å². The van der Waals surface area contributed by atoms with Crippen LogP contribution in [0.3, 0.4) is 0 Å². The standard InChI is InChI=1S/C23H28N4O2/c1-29-17-16-27-18-21(20-7-2-3-8-22(20)27)23(28)26-14-12-25(13-15-26)11-9-19-6-4-5-10-24-19/h2-8,10,18H,9,11-17H2,1H3. The molecule has 3 aromatic rings. The van der Waals surface area contributed by atoms with E-state index in [9.17, 15) is 4.79 Å². The lowest BCUT2D eigenvalue weighted by Crippen LogP contribution is -2.49. The maximum atomic E-state index is 13.2. The Bertz CT molecular complexity index is 946. The van der Waals surface area contributed by atoms with E-state index in [1.165, 1.54) is 0 Å². The van der Waals surface area contributed by atoms with Gasteiger partial charge in [-0.2, -0.15) is 0 Å². The van der Waals surface area contributed by atoms with E-state index in [4.69, 9.17) is 4.74 Å². The summed E-state index contributed by atoms with van der Waals surface area (Å²) >= 11 is 0. The number of amides is 1.